The summed E-state index contributed by atoms with van der Waals surface area (Å²) in [6.45, 7) is 0. The van der Waals surface area contributed by atoms with Crippen molar-refractivity contribution in [3.8, 4) is 0 Å². The van der Waals surface area contributed by atoms with Gasteiger partial charge in [0, 0.05) is 0 Å². The first-order valence-corrected chi connectivity index (χ1v) is 9.42. The van der Waals surface area contributed by atoms with E-state index in [1.807, 2.05) is 30.3 Å². The number of sulfonamides is 1. The van der Waals surface area contributed by atoms with Gasteiger partial charge >= 0.3 is 0 Å². The van der Waals surface area contributed by atoms with Gasteiger partial charge < -0.3 is 11.1 Å². The van der Waals surface area contributed by atoms with Crippen molar-refractivity contribution in [3.05, 3.63) is 65.5 Å². The van der Waals surface area contributed by atoms with Crippen LogP contribution in [0, 0.1) is 5.82 Å². The summed E-state index contributed by atoms with van der Waals surface area (Å²) in [5.41, 5.74) is 7.12. The number of hydrogen-bond acceptors (Lipinski definition) is 3. The normalized spacial score (nSPS) is 12.4. The zero-order valence-corrected chi connectivity index (χ0v) is 14.6. The first-order chi connectivity index (χ1) is 11.2. The number of rotatable bonds is 6. The second-order valence-corrected chi connectivity index (χ2v) is 7.55. The lowest BCUT2D eigenvalue weighted by atomic mass is 9.98. The SMILES string of the molecule is CS(=O)(=O)Nc1ccc(C(Cc2ccccc2)NC(N)=S)cc1F. The average Bonchev–Trinajstić information content (AvgIpc) is 2.48. The summed E-state index contributed by atoms with van der Waals surface area (Å²) in [5.74, 6) is -0.666. The van der Waals surface area contributed by atoms with Gasteiger partial charge in [-0.1, -0.05) is 36.4 Å². The van der Waals surface area contributed by atoms with Crippen molar-refractivity contribution in [2.45, 2.75) is 12.5 Å². The Morgan fingerprint density at radius 3 is 2.46 bits per heavy atom. The lowest BCUT2D eigenvalue weighted by Gasteiger charge is -2.20. The van der Waals surface area contributed by atoms with Crippen LogP contribution in [0.25, 0.3) is 0 Å². The molecule has 2 rings (SSSR count). The third-order valence-corrected chi connectivity index (χ3v) is 4.00. The van der Waals surface area contributed by atoms with Gasteiger partial charge in [-0.2, -0.15) is 0 Å². The summed E-state index contributed by atoms with van der Waals surface area (Å²) in [7, 11) is -3.55. The Labute approximate surface area is 146 Å². The van der Waals surface area contributed by atoms with Crippen molar-refractivity contribution in [2.24, 2.45) is 5.73 Å². The van der Waals surface area contributed by atoms with Gasteiger partial charge in [0.2, 0.25) is 10.0 Å². The molecule has 0 fully saturated rings. The van der Waals surface area contributed by atoms with Crippen LogP contribution in [0.4, 0.5) is 10.1 Å². The lowest BCUT2D eigenvalue weighted by Crippen LogP contribution is -2.34. The molecule has 0 amide bonds. The minimum atomic E-state index is -3.55. The molecule has 5 nitrogen and oxygen atoms in total. The molecule has 0 saturated heterocycles. The van der Waals surface area contributed by atoms with Crippen LogP contribution in [0.15, 0.2) is 48.5 Å². The second kappa shape index (κ2) is 7.59. The Hall–Kier alpha value is -2.19. The average molecular weight is 367 g/mol. The number of hydrogen-bond donors (Lipinski definition) is 3. The molecule has 0 aliphatic heterocycles. The van der Waals surface area contributed by atoms with E-state index < -0.39 is 15.8 Å². The van der Waals surface area contributed by atoms with Crippen LogP contribution in [0.3, 0.4) is 0 Å². The van der Waals surface area contributed by atoms with Crippen molar-refractivity contribution in [3.63, 3.8) is 0 Å². The largest absolute Gasteiger partial charge is 0.376 e. The van der Waals surface area contributed by atoms with E-state index in [0.29, 0.717) is 12.0 Å². The molecular weight excluding hydrogens is 349 g/mol. The highest BCUT2D eigenvalue weighted by Gasteiger charge is 2.16. The van der Waals surface area contributed by atoms with E-state index in [2.05, 4.69) is 10.0 Å². The zero-order valence-electron chi connectivity index (χ0n) is 13.0. The van der Waals surface area contributed by atoms with Crippen LogP contribution in [0.2, 0.25) is 0 Å². The van der Waals surface area contributed by atoms with Crippen molar-refractivity contribution in [1.29, 1.82) is 0 Å². The topological polar surface area (TPSA) is 84.2 Å². The van der Waals surface area contributed by atoms with Gasteiger partial charge in [-0.25, -0.2) is 12.8 Å². The molecule has 0 heterocycles. The molecule has 0 aromatic heterocycles. The van der Waals surface area contributed by atoms with Crippen LogP contribution in [-0.4, -0.2) is 19.8 Å². The maximum absolute atomic E-state index is 14.2. The molecule has 2 aromatic rings. The zero-order chi connectivity index (χ0) is 17.7. The third-order valence-electron chi connectivity index (χ3n) is 3.29. The molecule has 8 heteroatoms. The number of benzene rings is 2. The number of nitrogens with one attached hydrogen (secondary N) is 2. The molecule has 4 N–H and O–H groups in total. The quantitative estimate of drug-likeness (QED) is 0.683. The molecule has 0 bridgehead atoms. The predicted molar refractivity (Wildman–Crippen MR) is 97.7 cm³/mol. The summed E-state index contributed by atoms with van der Waals surface area (Å²) in [6, 6.07) is 13.6. The van der Waals surface area contributed by atoms with Gasteiger partial charge in [0.25, 0.3) is 0 Å². The van der Waals surface area contributed by atoms with E-state index >= 15 is 0 Å². The fraction of sp³-hybridized carbons (Fsp3) is 0.188. The summed E-state index contributed by atoms with van der Waals surface area (Å²) >= 11 is 4.90. The van der Waals surface area contributed by atoms with Gasteiger partial charge in [-0.15, -0.1) is 0 Å². The molecule has 2 aromatic carbocycles. The van der Waals surface area contributed by atoms with Crippen molar-refractivity contribution >= 4 is 33.0 Å². The molecule has 0 aliphatic carbocycles. The highest BCUT2D eigenvalue weighted by molar-refractivity contribution is 7.92. The molecule has 1 atom stereocenters. The molecule has 128 valence electrons. The summed E-state index contributed by atoms with van der Waals surface area (Å²) in [4.78, 5) is 0. The van der Waals surface area contributed by atoms with Crippen molar-refractivity contribution in [2.75, 3.05) is 11.0 Å². The maximum Gasteiger partial charge on any atom is 0.229 e. The van der Waals surface area contributed by atoms with E-state index in [4.69, 9.17) is 18.0 Å². The third kappa shape index (κ3) is 5.47. The Morgan fingerprint density at radius 1 is 1.25 bits per heavy atom. The summed E-state index contributed by atoms with van der Waals surface area (Å²) in [5, 5.41) is 3.05. The van der Waals surface area contributed by atoms with Gasteiger partial charge in [0.15, 0.2) is 5.11 Å². The fourth-order valence-electron chi connectivity index (χ4n) is 2.30. The molecule has 0 saturated carbocycles. The molecule has 0 spiro atoms. The summed E-state index contributed by atoms with van der Waals surface area (Å²) < 4.78 is 38.8. The van der Waals surface area contributed by atoms with Crippen LogP contribution in [-0.2, 0) is 16.4 Å². The van der Waals surface area contributed by atoms with E-state index in [0.717, 1.165) is 11.8 Å². The van der Waals surface area contributed by atoms with Gasteiger partial charge in [-0.3, -0.25) is 4.72 Å². The van der Waals surface area contributed by atoms with Crippen LogP contribution < -0.4 is 15.8 Å². The van der Waals surface area contributed by atoms with Crippen LogP contribution in [0.5, 0.6) is 0 Å². The van der Waals surface area contributed by atoms with Gasteiger partial charge in [0.05, 0.1) is 18.0 Å². The smallest absolute Gasteiger partial charge is 0.229 e. The Bertz CT molecular complexity index is 826. The first-order valence-electron chi connectivity index (χ1n) is 7.12. The van der Waals surface area contributed by atoms with Gasteiger partial charge in [-0.05, 0) is 41.9 Å². The Balaban J connectivity index is 2.29. The predicted octanol–water partition coefficient (Wildman–Crippen LogP) is 2.31. The van der Waals surface area contributed by atoms with Crippen molar-refractivity contribution < 1.29 is 12.8 Å². The molecule has 0 radical (unpaired) electrons. The Kier molecular flexibility index (Phi) is 5.74. The lowest BCUT2D eigenvalue weighted by molar-refractivity contribution is 0.600. The van der Waals surface area contributed by atoms with E-state index in [-0.39, 0.29) is 16.8 Å². The van der Waals surface area contributed by atoms with Crippen LogP contribution >= 0.6 is 12.2 Å². The molecule has 1 unspecified atom stereocenters. The fourth-order valence-corrected chi connectivity index (χ4v) is 3.01. The minimum absolute atomic E-state index is 0.102. The minimum Gasteiger partial charge on any atom is -0.376 e. The molecular formula is C16H18FN3O2S2. The second-order valence-electron chi connectivity index (χ2n) is 5.36. The Morgan fingerprint density at radius 2 is 1.92 bits per heavy atom. The number of halogens is 1. The molecule has 24 heavy (non-hydrogen) atoms. The monoisotopic (exact) mass is 367 g/mol. The van der Waals surface area contributed by atoms with E-state index in [1.165, 1.54) is 12.1 Å². The van der Waals surface area contributed by atoms with E-state index in [1.54, 1.807) is 6.07 Å². The highest BCUT2D eigenvalue weighted by atomic mass is 32.2. The van der Waals surface area contributed by atoms with Crippen molar-refractivity contribution in [1.82, 2.24) is 5.32 Å². The summed E-state index contributed by atoms with van der Waals surface area (Å²) in [6.07, 6.45) is 1.52. The van der Waals surface area contributed by atoms with Crippen LogP contribution in [0.1, 0.15) is 17.2 Å². The number of nitrogens with two attached hydrogens (primary N) is 1. The van der Waals surface area contributed by atoms with Gasteiger partial charge in [0.1, 0.15) is 5.82 Å². The maximum atomic E-state index is 14.2. The number of thiocarbonyl (C=S) groups is 1. The van der Waals surface area contributed by atoms with E-state index in [9.17, 15) is 12.8 Å². The highest BCUT2D eigenvalue weighted by Crippen LogP contribution is 2.23. The standard InChI is InChI=1S/C16H18FN3O2S2/c1-24(21,22)20-14-8-7-12(10-13(14)17)15(19-16(18)23)9-11-5-3-2-4-6-11/h2-8,10,15,20H,9H2,1H3,(H3,18,19,23). The molecule has 0 aliphatic rings. The first kappa shape index (κ1) is 18.2. The number of anilines is 1.